The minimum atomic E-state index is -0.101. The van der Waals surface area contributed by atoms with E-state index in [0.717, 1.165) is 23.4 Å². The van der Waals surface area contributed by atoms with Crippen LogP contribution in [0.4, 0.5) is 10.7 Å². The molecule has 0 aliphatic heterocycles. The van der Waals surface area contributed by atoms with Gasteiger partial charge >= 0.3 is 0 Å². The summed E-state index contributed by atoms with van der Waals surface area (Å²) in [5.41, 5.74) is 3.59. The molecule has 2 aromatic carbocycles. The summed E-state index contributed by atoms with van der Waals surface area (Å²) in [6.45, 7) is 0.774. The first-order valence-corrected chi connectivity index (χ1v) is 11.6. The zero-order chi connectivity index (χ0) is 21.5. The number of hydrogen-bond donors (Lipinski definition) is 4. The monoisotopic (exact) mass is 432 g/mol. The van der Waals surface area contributed by atoms with Gasteiger partial charge in [0.25, 0.3) is 0 Å². The molecule has 0 bridgehead atoms. The normalized spacial score (nSPS) is 14.6. The van der Waals surface area contributed by atoms with Crippen LogP contribution < -0.4 is 10.6 Å². The second kappa shape index (κ2) is 10.3. The van der Waals surface area contributed by atoms with Gasteiger partial charge in [0.1, 0.15) is 16.4 Å². The van der Waals surface area contributed by atoms with Gasteiger partial charge in [0.05, 0.1) is 0 Å². The van der Waals surface area contributed by atoms with Crippen LogP contribution in [0.15, 0.2) is 54.6 Å². The van der Waals surface area contributed by atoms with Crippen LogP contribution in [0.3, 0.4) is 0 Å². The van der Waals surface area contributed by atoms with Gasteiger partial charge in [-0.2, -0.15) is 4.37 Å². The van der Waals surface area contributed by atoms with Crippen molar-refractivity contribution < 1.29 is 5.11 Å². The van der Waals surface area contributed by atoms with Crippen LogP contribution in [0.1, 0.15) is 48.8 Å². The molecule has 3 aromatic rings. The van der Waals surface area contributed by atoms with Gasteiger partial charge in [0.2, 0.25) is 5.88 Å². The molecule has 5 nitrogen and oxygen atoms in total. The van der Waals surface area contributed by atoms with E-state index in [0.29, 0.717) is 16.5 Å². The number of benzene rings is 2. The summed E-state index contributed by atoms with van der Waals surface area (Å²) in [7, 11) is 0. The molecule has 0 radical (unpaired) electrons. The maximum absolute atomic E-state index is 10.2. The van der Waals surface area contributed by atoms with Crippen LogP contribution in [-0.2, 0) is 0 Å². The summed E-state index contributed by atoms with van der Waals surface area (Å²) < 4.78 is 4.05. The van der Waals surface area contributed by atoms with Crippen LogP contribution in [0.25, 0.3) is 12.2 Å². The summed E-state index contributed by atoms with van der Waals surface area (Å²) in [5, 5.41) is 25.8. The van der Waals surface area contributed by atoms with Gasteiger partial charge in [0, 0.05) is 12.2 Å². The Balaban J connectivity index is 1.39. The summed E-state index contributed by atoms with van der Waals surface area (Å²) in [4.78, 5) is 0. The largest absolute Gasteiger partial charge is 0.492 e. The van der Waals surface area contributed by atoms with Crippen molar-refractivity contribution >= 4 is 40.2 Å². The third-order valence-corrected chi connectivity index (χ3v) is 6.41. The fraction of sp³-hybridized carbons (Fsp3) is 0.280. The number of aromatic hydroxyl groups is 1. The van der Waals surface area contributed by atoms with Crippen LogP contribution in [0, 0.1) is 11.3 Å². The fourth-order valence-corrected chi connectivity index (χ4v) is 4.60. The van der Waals surface area contributed by atoms with E-state index in [1.165, 1.54) is 43.6 Å². The summed E-state index contributed by atoms with van der Waals surface area (Å²) in [6.07, 6.45) is 10.4. The van der Waals surface area contributed by atoms with Gasteiger partial charge in [-0.05, 0) is 53.6 Å². The predicted molar refractivity (Wildman–Crippen MR) is 130 cm³/mol. The van der Waals surface area contributed by atoms with E-state index >= 15 is 0 Å². The van der Waals surface area contributed by atoms with Crippen molar-refractivity contribution in [2.45, 2.75) is 32.1 Å². The molecule has 160 valence electrons. The van der Waals surface area contributed by atoms with E-state index in [9.17, 15) is 5.11 Å². The van der Waals surface area contributed by atoms with Crippen molar-refractivity contribution in [3.05, 3.63) is 71.3 Å². The number of rotatable bonds is 7. The molecule has 1 fully saturated rings. The predicted octanol–water partition coefficient (Wildman–Crippen LogP) is 6.26. The highest BCUT2D eigenvalue weighted by atomic mass is 32.1. The average Bonchev–Trinajstić information content (AvgIpc) is 3.18. The number of nitrogens with zero attached hydrogens (tertiary/aromatic N) is 1. The standard InChI is InChI=1S/C25H28N4OS/c26-23(27-17-20-9-5-2-6-10-20)22-24(30)29-31-25(22)28-21-15-13-19(14-16-21)12-11-18-7-3-1-4-8-18/h1,3-4,7-8,11-16,20,28H,2,5-6,9-10,17H2,(H2,26,27)(H,29,30)/b12-11+. The van der Waals surface area contributed by atoms with Crippen molar-refractivity contribution in [2.75, 3.05) is 11.9 Å². The number of nitrogens with one attached hydrogen (secondary N) is 3. The molecular formula is C25H28N4OS. The molecule has 1 aliphatic carbocycles. The molecule has 1 aromatic heterocycles. The molecule has 1 saturated carbocycles. The quantitative estimate of drug-likeness (QED) is 0.202. The molecule has 0 amide bonds. The maximum atomic E-state index is 10.2. The van der Waals surface area contributed by atoms with Gasteiger partial charge in [0.15, 0.2) is 0 Å². The van der Waals surface area contributed by atoms with E-state index in [1.54, 1.807) is 0 Å². The van der Waals surface area contributed by atoms with Crippen molar-refractivity contribution in [1.82, 2.24) is 9.69 Å². The Bertz CT molecular complexity index is 1020. The molecule has 6 heteroatoms. The van der Waals surface area contributed by atoms with Crippen LogP contribution in [-0.4, -0.2) is 21.9 Å². The third-order valence-electron chi connectivity index (χ3n) is 5.65. The molecule has 0 atom stereocenters. The van der Waals surface area contributed by atoms with Crippen LogP contribution in [0.2, 0.25) is 0 Å². The van der Waals surface area contributed by atoms with Crippen molar-refractivity contribution in [2.24, 2.45) is 5.92 Å². The zero-order valence-corrected chi connectivity index (χ0v) is 18.3. The number of amidine groups is 1. The maximum Gasteiger partial charge on any atom is 0.236 e. The molecule has 31 heavy (non-hydrogen) atoms. The molecule has 0 unspecified atom stereocenters. The van der Waals surface area contributed by atoms with Crippen LogP contribution in [0.5, 0.6) is 5.88 Å². The van der Waals surface area contributed by atoms with E-state index in [4.69, 9.17) is 5.41 Å². The van der Waals surface area contributed by atoms with Crippen molar-refractivity contribution in [3.8, 4) is 5.88 Å². The van der Waals surface area contributed by atoms with Gasteiger partial charge in [-0.3, -0.25) is 5.41 Å². The molecule has 0 saturated heterocycles. The molecule has 4 rings (SSSR count). The Kier molecular flexibility index (Phi) is 6.99. The topological polar surface area (TPSA) is 81.0 Å². The first-order chi connectivity index (χ1) is 15.2. The first-order valence-electron chi connectivity index (χ1n) is 10.8. The van der Waals surface area contributed by atoms with E-state index < -0.39 is 0 Å². The minimum absolute atomic E-state index is 0.101. The summed E-state index contributed by atoms with van der Waals surface area (Å²) >= 11 is 1.17. The van der Waals surface area contributed by atoms with Gasteiger partial charge in [-0.15, -0.1) is 0 Å². The Hall–Kier alpha value is -3.12. The summed E-state index contributed by atoms with van der Waals surface area (Å²) in [5.74, 6) is 0.730. The Labute approximate surface area is 187 Å². The Morgan fingerprint density at radius 2 is 1.68 bits per heavy atom. The molecule has 1 aliphatic rings. The number of aromatic nitrogens is 1. The molecular weight excluding hydrogens is 404 g/mol. The first kappa shape index (κ1) is 21.1. The zero-order valence-electron chi connectivity index (χ0n) is 17.5. The highest BCUT2D eigenvalue weighted by Gasteiger charge is 2.20. The van der Waals surface area contributed by atoms with Gasteiger partial charge in [-0.25, -0.2) is 0 Å². The number of hydrogen-bond acceptors (Lipinski definition) is 5. The van der Waals surface area contributed by atoms with E-state index in [1.807, 2.05) is 42.5 Å². The molecule has 0 spiro atoms. The van der Waals surface area contributed by atoms with Crippen molar-refractivity contribution in [3.63, 3.8) is 0 Å². The van der Waals surface area contributed by atoms with E-state index in [-0.39, 0.29) is 11.7 Å². The highest BCUT2D eigenvalue weighted by Crippen LogP contribution is 2.32. The second-order valence-electron chi connectivity index (χ2n) is 7.96. The Morgan fingerprint density at radius 3 is 2.39 bits per heavy atom. The highest BCUT2D eigenvalue weighted by molar-refractivity contribution is 7.11. The van der Waals surface area contributed by atoms with Crippen molar-refractivity contribution in [1.29, 1.82) is 5.41 Å². The lowest BCUT2D eigenvalue weighted by atomic mass is 9.89. The minimum Gasteiger partial charge on any atom is -0.492 e. The lowest BCUT2D eigenvalue weighted by molar-refractivity contribution is 0.356. The van der Waals surface area contributed by atoms with E-state index in [2.05, 4.69) is 39.3 Å². The average molecular weight is 433 g/mol. The molecule has 4 N–H and O–H groups in total. The number of anilines is 2. The lowest BCUT2D eigenvalue weighted by Crippen LogP contribution is -2.30. The second-order valence-corrected chi connectivity index (χ2v) is 8.73. The van der Waals surface area contributed by atoms with Crippen LogP contribution >= 0.6 is 11.5 Å². The summed E-state index contributed by atoms with van der Waals surface area (Å²) in [6, 6.07) is 18.3. The third kappa shape index (κ3) is 5.73. The van der Waals surface area contributed by atoms with Gasteiger partial charge < -0.3 is 15.7 Å². The Morgan fingerprint density at radius 1 is 1.00 bits per heavy atom. The smallest absolute Gasteiger partial charge is 0.236 e. The molecule has 1 heterocycles. The lowest BCUT2D eigenvalue weighted by Gasteiger charge is -2.22. The fourth-order valence-electron chi connectivity index (χ4n) is 3.88. The SMILES string of the molecule is N=C(NCC1CCCCC1)c1c(O)nsc1Nc1ccc(/C=C/c2ccccc2)cc1. The van der Waals surface area contributed by atoms with Gasteiger partial charge in [-0.1, -0.05) is 73.9 Å².